The van der Waals surface area contributed by atoms with Gasteiger partial charge in [0.2, 0.25) is 0 Å². The van der Waals surface area contributed by atoms with Gasteiger partial charge in [0.25, 0.3) is 5.91 Å². The SMILES string of the molecule is COc1cccc(COC(C)C(=O)NNc2ccnn2C)c1. The number of aryl methyl sites for hydroxylation is 1. The van der Waals surface area contributed by atoms with Gasteiger partial charge in [0.1, 0.15) is 17.7 Å². The van der Waals surface area contributed by atoms with Gasteiger partial charge >= 0.3 is 0 Å². The van der Waals surface area contributed by atoms with Crippen molar-refractivity contribution in [2.24, 2.45) is 7.05 Å². The fourth-order valence-corrected chi connectivity index (χ4v) is 1.78. The van der Waals surface area contributed by atoms with Crippen molar-refractivity contribution in [3.8, 4) is 5.75 Å². The summed E-state index contributed by atoms with van der Waals surface area (Å²) in [5, 5.41) is 3.99. The third-order valence-electron chi connectivity index (χ3n) is 3.14. The van der Waals surface area contributed by atoms with E-state index in [2.05, 4.69) is 16.0 Å². The topological polar surface area (TPSA) is 77.4 Å². The number of hydrazine groups is 1. The summed E-state index contributed by atoms with van der Waals surface area (Å²) in [6.07, 6.45) is 1.05. The molecule has 0 saturated heterocycles. The first kappa shape index (κ1) is 15.8. The molecular weight excluding hydrogens is 284 g/mol. The number of amides is 1. The van der Waals surface area contributed by atoms with Gasteiger partial charge in [-0.2, -0.15) is 5.10 Å². The second-order valence-corrected chi connectivity index (χ2v) is 4.76. The normalized spacial score (nSPS) is 11.8. The Bertz CT molecular complexity index is 627. The largest absolute Gasteiger partial charge is 0.497 e. The van der Waals surface area contributed by atoms with Crippen molar-refractivity contribution in [1.82, 2.24) is 15.2 Å². The summed E-state index contributed by atoms with van der Waals surface area (Å²) in [5.41, 5.74) is 6.32. The number of benzene rings is 1. The van der Waals surface area contributed by atoms with E-state index >= 15 is 0 Å². The van der Waals surface area contributed by atoms with Gasteiger partial charge in [-0.05, 0) is 24.6 Å². The maximum Gasteiger partial charge on any atom is 0.267 e. The van der Waals surface area contributed by atoms with Crippen LogP contribution in [0.15, 0.2) is 36.5 Å². The number of hydrogen-bond donors (Lipinski definition) is 2. The lowest BCUT2D eigenvalue weighted by Crippen LogP contribution is -2.38. The van der Waals surface area contributed by atoms with Crippen LogP contribution in [0, 0.1) is 0 Å². The van der Waals surface area contributed by atoms with Gasteiger partial charge in [-0.1, -0.05) is 12.1 Å². The van der Waals surface area contributed by atoms with E-state index in [1.807, 2.05) is 24.3 Å². The molecule has 1 atom stereocenters. The smallest absolute Gasteiger partial charge is 0.267 e. The summed E-state index contributed by atoms with van der Waals surface area (Å²) < 4.78 is 12.3. The predicted octanol–water partition coefficient (Wildman–Crippen LogP) is 1.48. The Labute approximate surface area is 129 Å². The predicted molar refractivity (Wildman–Crippen MR) is 82.2 cm³/mol. The second-order valence-electron chi connectivity index (χ2n) is 4.76. The quantitative estimate of drug-likeness (QED) is 0.758. The Morgan fingerprint density at radius 2 is 2.23 bits per heavy atom. The molecule has 0 radical (unpaired) electrons. The van der Waals surface area contributed by atoms with Crippen LogP contribution < -0.4 is 15.6 Å². The zero-order valence-electron chi connectivity index (χ0n) is 12.9. The summed E-state index contributed by atoms with van der Waals surface area (Å²) in [6, 6.07) is 9.28. The standard InChI is InChI=1S/C15H20N4O3/c1-11(15(20)18-17-14-7-8-16-19(14)2)22-10-12-5-4-6-13(9-12)21-3/h4-9,11,17H,10H2,1-3H3,(H,18,20). The fraction of sp³-hybridized carbons (Fsp3) is 0.333. The van der Waals surface area contributed by atoms with Crippen LogP contribution in [-0.4, -0.2) is 28.9 Å². The molecule has 0 aliphatic rings. The van der Waals surface area contributed by atoms with Crippen LogP contribution in [0.5, 0.6) is 5.75 Å². The molecule has 1 aromatic heterocycles. The van der Waals surface area contributed by atoms with E-state index in [1.54, 1.807) is 38.0 Å². The van der Waals surface area contributed by atoms with E-state index in [-0.39, 0.29) is 5.91 Å². The first-order valence-electron chi connectivity index (χ1n) is 6.88. The van der Waals surface area contributed by atoms with Crippen LogP contribution in [0.1, 0.15) is 12.5 Å². The number of methoxy groups -OCH3 is 1. The van der Waals surface area contributed by atoms with Crippen LogP contribution in [0.4, 0.5) is 5.82 Å². The monoisotopic (exact) mass is 304 g/mol. The molecule has 0 spiro atoms. The molecule has 22 heavy (non-hydrogen) atoms. The van der Waals surface area contributed by atoms with Gasteiger partial charge in [-0.15, -0.1) is 0 Å². The van der Waals surface area contributed by atoms with Crippen molar-refractivity contribution in [3.63, 3.8) is 0 Å². The number of aromatic nitrogens is 2. The molecule has 0 aliphatic carbocycles. The van der Waals surface area contributed by atoms with E-state index in [0.717, 1.165) is 11.3 Å². The average molecular weight is 304 g/mol. The number of anilines is 1. The Hall–Kier alpha value is -2.54. The minimum Gasteiger partial charge on any atom is -0.497 e. The molecule has 7 nitrogen and oxygen atoms in total. The van der Waals surface area contributed by atoms with Gasteiger partial charge in [-0.3, -0.25) is 20.3 Å². The minimum atomic E-state index is -0.591. The molecule has 118 valence electrons. The Kier molecular flexibility index (Phi) is 5.37. The van der Waals surface area contributed by atoms with Crippen molar-refractivity contribution >= 4 is 11.7 Å². The maximum absolute atomic E-state index is 11.9. The van der Waals surface area contributed by atoms with Gasteiger partial charge in [0.05, 0.1) is 19.9 Å². The summed E-state index contributed by atoms with van der Waals surface area (Å²) in [5.74, 6) is 1.19. The van der Waals surface area contributed by atoms with E-state index in [0.29, 0.717) is 12.4 Å². The molecule has 0 fully saturated rings. The minimum absolute atomic E-state index is 0.260. The van der Waals surface area contributed by atoms with E-state index in [1.165, 1.54) is 0 Å². The zero-order chi connectivity index (χ0) is 15.9. The third-order valence-corrected chi connectivity index (χ3v) is 3.14. The number of nitrogens with zero attached hydrogens (tertiary/aromatic N) is 2. The molecular formula is C15H20N4O3. The Morgan fingerprint density at radius 3 is 2.91 bits per heavy atom. The van der Waals surface area contributed by atoms with Gasteiger partial charge in [-0.25, -0.2) is 0 Å². The number of rotatable bonds is 7. The first-order chi connectivity index (χ1) is 10.6. The number of ether oxygens (including phenoxy) is 2. The molecule has 1 heterocycles. The maximum atomic E-state index is 11.9. The molecule has 0 bridgehead atoms. The fourth-order valence-electron chi connectivity index (χ4n) is 1.78. The molecule has 0 saturated carbocycles. The van der Waals surface area contributed by atoms with Crippen LogP contribution >= 0.6 is 0 Å². The highest BCUT2D eigenvalue weighted by Crippen LogP contribution is 2.13. The highest BCUT2D eigenvalue weighted by atomic mass is 16.5. The Balaban J connectivity index is 1.79. The van der Waals surface area contributed by atoms with Crippen molar-refractivity contribution < 1.29 is 14.3 Å². The van der Waals surface area contributed by atoms with Gasteiger partial charge in [0.15, 0.2) is 0 Å². The highest BCUT2D eigenvalue weighted by Gasteiger charge is 2.13. The highest BCUT2D eigenvalue weighted by molar-refractivity contribution is 5.81. The Morgan fingerprint density at radius 1 is 1.41 bits per heavy atom. The van der Waals surface area contributed by atoms with Gasteiger partial charge in [0, 0.05) is 13.1 Å². The summed E-state index contributed by atoms with van der Waals surface area (Å²) >= 11 is 0. The molecule has 2 N–H and O–H groups in total. The second kappa shape index (κ2) is 7.46. The summed E-state index contributed by atoms with van der Waals surface area (Å²) in [7, 11) is 3.39. The number of carbonyl (C=O) groups is 1. The molecule has 1 aromatic carbocycles. The van der Waals surface area contributed by atoms with Crippen molar-refractivity contribution in [2.75, 3.05) is 12.5 Å². The third kappa shape index (κ3) is 4.23. The lowest BCUT2D eigenvalue weighted by Gasteiger charge is -2.14. The number of carbonyl (C=O) groups excluding carboxylic acids is 1. The molecule has 7 heteroatoms. The summed E-state index contributed by atoms with van der Waals surface area (Å²) in [6.45, 7) is 2.03. The van der Waals surface area contributed by atoms with Crippen LogP contribution in [0.25, 0.3) is 0 Å². The number of hydrogen-bond acceptors (Lipinski definition) is 5. The van der Waals surface area contributed by atoms with E-state index in [4.69, 9.17) is 9.47 Å². The molecule has 2 rings (SSSR count). The zero-order valence-corrected chi connectivity index (χ0v) is 12.9. The molecule has 1 unspecified atom stereocenters. The molecule has 1 amide bonds. The van der Waals surface area contributed by atoms with Crippen LogP contribution in [0.2, 0.25) is 0 Å². The number of nitrogens with one attached hydrogen (secondary N) is 2. The van der Waals surface area contributed by atoms with E-state index < -0.39 is 6.10 Å². The average Bonchev–Trinajstić information content (AvgIpc) is 2.95. The lowest BCUT2D eigenvalue weighted by molar-refractivity contribution is -0.131. The van der Waals surface area contributed by atoms with E-state index in [9.17, 15) is 4.79 Å². The molecule has 0 aliphatic heterocycles. The molecule has 2 aromatic rings. The van der Waals surface area contributed by atoms with Crippen molar-refractivity contribution in [1.29, 1.82) is 0 Å². The van der Waals surface area contributed by atoms with Gasteiger partial charge < -0.3 is 9.47 Å². The van der Waals surface area contributed by atoms with Crippen LogP contribution in [0.3, 0.4) is 0 Å². The first-order valence-corrected chi connectivity index (χ1v) is 6.88. The lowest BCUT2D eigenvalue weighted by atomic mass is 10.2. The summed E-state index contributed by atoms with van der Waals surface area (Å²) in [4.78, 5) is 11.9. The van der Waals surface area contributed by atoms with Crippen molar-refractivity contribution in [2.45, 2.75) is 19.6 Å². The van der Waals surface area contributed by atoms with Crippen LogP contribution in [-0.2, 0) is 23.2 Å². The van der Waals surface area contributed by atoms with Crippen molar-refractivity contribution in [3.05, 3.63) is 42.1 Å².